The number of anilines is 1. The smallest absolute Gasteiger partial charge is 0.273 e. The summed E-state index contributed by atoms with van der Waals surface area (Å²) in [5, 5.41) is 4.15. The van der Waals surface area contributed by atoms with Crippen LogP contribution in [0, 0.1) is 5.82 Å². The van der Waals surface area contributed by atoms with Crippen molar-refractivity contribution in [2.75, 3.05) is 5.32 Å². The maximum absolute atomic E-state index is 14.5. The molecule has 25 heavy (non-hydrogen) atoms. The molecule has 0 amide bonds. The first-order chi connectivity index (χ1) is 11.8. The molecule has 0 saturated carbocycles. The topological polar surface area (TPSA) is 37.8 Å². The molecule has 3 nitrogen and oxygen atoms in total. The Morgan fingerprint density at radius 3 is 2.68 bits per heavy atom. The van der Waals surface area contributed by atoms with Crippen molar-refractivity contribution in [3.63, 3.8) is 0 Å². The number of aromatic nitrogens is 2. The van der Waals surface area contributed by atoms with E-state index in [1.54, 1.807) is 25.3 Å². The molecule has 0 aliphatic heterocycles. The van der Waals surface area contributed by atoms with Crippen molar-refractivity contribution < 1.29 is 13.2 Å². The lowest BCUT2D eigenvalue weighted by Gasteiger charge is -2.20. The summed E-state index contributed by atoms with van der Waals surface area (Å²) in [6.45, 7) is 2.38. The van der Waals surface area contributed by atoms with Crippen LogP contribution in [0.25, 0.3) is 10.9 Å². The predicted molar refractivity (Wildman–Crippen MR) is 92.6 cm³/mol. The minimum absolute atomic E-state index is 0.157. The summed E-state index contributed by atoms with van der Waals surface area (Å²) in [5.74, 6) is -4.16. The fraction of sp³-hybridized carbons (Fsp3) is 0.222. The van der Waals surface area contributed by atoms with E-state index in [4.69, 9.17) is 11.6 Å². The molecule has 1 atom stereocenters. The zero-order valence-electron chi connectivity index (χ0n) is 13.5. The largest absolute Gasteiger partial charge is 0.378 e. The van der Waals surface area contributed by atoms with Gasteiger partial charge in [0.25, 0.3) is 5.92 Å². The molecule has 0 aliphatic rings. The van der Waals surface area contributed by atoms with Crippen LogP contribution in [-0.2, 0) is 5.92 Å². The number of nitrogens with zero attached hydrogens (tertiary/aromatic N) is 2. The first-order valence-corrected chi connectivity index (χ1v) is 7.98. The van der Waals surface area contributed by atoms with Gasteiger partial charge in [0.2, 0.25) is 0 Å². The molecule has 1 N–H and O–H groups in total. The van der Waals surface area contributed by atoms with Crippen LogP contribution in [0.4, 0.5) is 18.9 Å². The summed E-state index contributed by atoms with van der Waals surface area (Å²) < 4.78 is 41.6. The molecule has 1 aromatic carbocycles. The zero-order chi connectivity index (χ0) is 18.2. The van der Waals surface area contributed by atoms with E-state index in [9.17, 15) is 13.2 Å². The van der Waals surface area contributed by atoms with E-state index in [2.05, 4.69) is 15.3 Å². The SMILES string of the molecule is C[C@@H](Nc1ccnc2cnc(Cl)cc12)c1cccc(C(C)(F)F)c1F. The highest BCUT2D eigenvalue weighted by Gasteiger charge is 2.30. The van der Waals surface area contributed by atoms with Crippen LogP contribution in [0.15, 0.2) is 42.7 Å². The maximum atomic E-state index is 14.5. The molecule has 0 aliphatic carbocycles. The quantitative estimate of drug-likeness (QED) is 0.602. The minimum Gasteiger partial charge on any atom is -0.378 e. The van der Waals surface area contributed by atoms with Gasteiger partial charge >= 0.3 is 0 Å². The van der Waals surface area contributed by atoms with Crippen molar-refractivity contribution in [1.82, 2.24) is 9.97 Å². The van der Waals surface area contributed by atoms with Crippen molar-refractivity contribution in [3.8, 4) is 0 Å². The van der Waals surface area contributed by atoms with Gasteiger partial charge in [-0.2, -0.15) is 0 Å². The molecule has 3 rings (SSSR count). The van der Waals surface area contributed by atoms with Gasteiger partial charge in [-0.3, -0.25) is 4.98 Å². The van der Waals surface area contributed by atoms with E-state index >= 15 is 0 Å². The molecule has 3 aromatic rings. The first-order valence-electron chi connectivity index (χ1n) is 7.61. The number of hydrogen-bond acceptors (Lipinski definition) is 3. The molecule has 130 valence electrons. The van der Waals surface area contributed by atoms with Gasteiger partial charge in [0.15, 0.2) is 0 Å². The highest BCUT2D eigenvalue weighted by Crippen LogP contribution is 2.34. The van der Waals surface area contributed by atoms with Crippen molar-refractivity contribution in [2.24, 2.45) is 0 Å². The lowest BCUT2D eigenvalue weighted by molar-refractivity contribution is 0.0136. The summed E-state index contributed by atoms with van der Waals surface area (Å²) in [7, 11) is 0. The van der Waals surface area contributed by atoms with E-state index in [0.29, 0.717) is 28.7 Å². The van der Waals surface area contributed by atoms with Gasteiger partial charge in [0.1, 0.15) is 11.0 Å². The second-order valence-electron chi connectivity index (χ2n) is 5.85. The summed E-state index contributed by atoms with van der Waals surface area (Å²) >= 11 is 5.93. The molecular formula is C18H15ClF3N3. The number of alkyl halides is 2. The average molecular weight is 366 g/mol. The predicted octanol–water partition coefficient (Wildman–Crippen LogP) is 5.71. The Morgan fingerprint density at radius 2 is 1.96 bits per heavy atom. The van der Waals surface area contributed by atoms with Crippen LogP contribution < -0.4 is 5.32 Å². The zero-order valence-corrected chi connectivity index (χ0v) is 14.3. The maximum Gasteiger partial charge on any atom is 0.273 e. The Bertz CT molecular complexity index is 925. The van der Waals surface area contributed by atoms with Gasteiger partial charge < -0.3 is 5.32 Å². The third-order valence-corrected chi connectivity index (χ3v) is 4.14. The highest BCUT2D eigenvalue weighted by molar-refractivity contribution is 6.30. The van der Waals surface area contributed by atoms with Crippen LogP contribution in [0.3, 0.4) is 0 Å². The molecule has 7 heteroatoms. The normalized spacial score (nSPS) is 13.0. The number of fused-ring (bicyclic) bond motifs is 1. The summed E-state index contributed by atoms with van der Waals surface area (Å²) in [6.07, 6.45) is 3.12. The Hall–Kier alpha value is -2.34. The van der Waals surface area contributed by atoms with E-state index in [0.717, 1.165) is 6.07 Å². The van der Waals surface area contributed by atoms with Crippen LogP contribution in [0.1, 0.15) is 31.0 Å². The number of hydrogen-bond donors (Lipinski definition) is 1. The first kappa shape index (κ1) is 17.5. The third-order valence-electron chi connectivity index (χ3n) is 3.93. The highest BCUT2D eigenvalue weighted by atomic mass is 35.5. The number of nitrogens with one attached hydrogen (secondary N) is 1. The molecule has 0 saturated heterocycles. The fourth-order valence-electron chi connectivity index (χ4n) is 2.68. The molecule has 0 spiro atoms. The van der Waals surface area contributed by atoms with Crippen LogP contribution in [0.5, 0.6) is 0 Å². The van der Waals surface area contributed by atoms with Gasteiger partial charge in [-0.25, -0.2) is 18.2 Å². The Balaban J connectivity index is 1.99. The van der Waals surface area contributed by atoms with Gasteiger partial charge in [-0.1, -0.05) is 29.8 Å². The van der Waals surface area contributed by atoms with Crippen molar-refractivity contribution in [3.05, 3.63) is 64.8 Å². The van der Waals surface area contributed by atoms with Gasteiger partial charge in [-0.05, 0) is 19.1 Å². The number of halogens is 4. The average Bonchev–Trinajstić information content (AvgIpc) is 2.54. The number of rotatable bonds is 4. The number of benzene rings is 1. The lowest BCUT2D eigenvalue weighted by Crippen LogP contribution is -2.15. The van der Waals surface area contributed by atoms with Crippen molar-refractivity contribution in [1.29, 1.82) is 0 Å². The molecule has 2 heterocycles. The Kier molecular flexibility index (Phi) is 4.56. The van der Waals surface area contributed by atoms with Crippen LogP contribution in [-0.4, -0.2) is 9.97 Å². The van der Waals surface area contributed by atoms with E-state index < -0.39 is 23.3 Å². The molecule has 0 fully saturated rings. The molecule has 0 bridgehead atoms. The molecular weight excluding hydrogens is 351 g/mol. The van der Waals surface area contributed by atoms with Crippen LogP contribution in [0.2, 0.25) is 5.15 Å². The number of pyridine rings is 2. The summed E-state index contributed by atoms with van der Waals surface area (Å²) in [5.41, 5.74) is 0.820. The molecule has 0 unspecified atom stereocenters. The second kappa shape index (κ2) is 6.52. The van der Waals surface area contributed by atoms with Crippen LogP contribution >= 0.6 is 11.6 Å². The standard InChI is InChI=1S/C18H15ClF3N3/c1-10(11-4-3-5-13(17(11)20)18(2,21)22)25-14-6-7-23-15-9-24-16(19)8-12(14)15/h3-10H,1-2H3,(H,23,25)/t10-/m1/s1. The Morgan fingerprint density at radius 1 is 1.20 bits per heavy atom. The monoisotopic (exact) mass is 365 g/mol. The lowest BCUT2D eigenvalue weighted by atomic mass is 10.0. The van der Waals surface area contributed by atoms with Gasteiger partial charge in [-0.15, -0.1) is 0 Å². The third kappa shape index (κ3) is 3.54. The van der Waals surface area contributed by atoms with Gasteiger partial charge in [0.05, 0.1) is 23.3 Å². The van der Waals surface area contributed by atoms with Gasteiger partial charge in [0, 0.05) is 29.8 Å². The fourth-order valence-corrected chi connectivity index (χ4v) is 2.84. The van der Waals surface area contributed by atoms with E-state index in [1.165, 1.54) is 18.3 Å². The summed E-state index contributed by atoms with van der Waals surface area (Å²) in [6, 6.07) is 6.82. The minimum atomic E-state index is -3.25. The van der Waals surface area contributed by atoms with E-state index in [-0.39, 0.29) is 5.56 Å². The molecule has 0 radical (unpaired) electrons. The van der Waals surface area contributed by atoms with E-state index in [1.807, 2.05) is 0 Å². The Labute approximate surface area is 147 Å². The second-order valence-corrected chi connectivity index (χ2v) is 6.23. The van der Waals surface area contributed by atoms with Crippen molar-refractivity contribution >= 4 is 28.2 Å². The summed E-state index contributed by atoms with van der Waals surface area (Å²) in [4.78, 5) is 8.16. The van der Waals surface area contributed by atoms with Crippen molar-refractivity contribution in [2.45, 2.75) is 25.8 Å². The molecule has 2 aromatic heterocycles.